The van der Waals surface area contributed by atoms with Gasteiger partial charge in [-0.2, -0.15) is 0 Å². The number of likely N-dealkylation sites (tertiary alicyclic amines) is 1. The van der Waals surface area contributed by atoms with Gasteiger partial charge in [-0.05, 0) is 43.9 Å². The highest BCUT2D eigenvalue weighted by molar-refractivity contribution is 5.94. The maximum absolute atomic E-state index is 12.7. The molecule has 1 atom stereocenters. The second-order valence-electron chi connectivity index (χ2n) is 8.51. The molecule has 0 spiro atoms. The van der Waals surface area contributed by atoms with Crippen LogP contribution in [0.4, 0.5) is 0 Å². The third kappa shape index (κ3) is 4.86. The van der Waals surface area contributed by atoms with Crippen LogP contribution in [0.25, 0.3) is 0 Å². The van der Waals surface area contributed by atoms with Crippen molar-refractivity contribution in [1.82, 2.24) is 20.2 Å². The summed E-state index contributed by atoms with van der Waals surface area (Å²) in [5.41, 5.74) is 2.10. The molecule has 2 amide bonds. The Labute approximate surface area is 183 Å². The van der Waals surface area contributed by atoms with Gasteiger partial charge in [-0.15, -0.1) is 0 Å². The van der Waals surface area contributed by atoms with Crippen molar-refractivity contribution in [3.05, 3.63) is 53.1 Å². The highest BCUT2D eigenvalue weighted by Gasteiger charge is 2.34. The standard InChI is InChI=1S/C24H30N4O3/c1-16-21(23(29)26-13-17-6-5-9-20(12-17)31-2)14-25-22(27-16)19-10-11-28(15-19)24(30)18-7-3-4-8-18/h5-6,9,12,14,18-19H,3-4,7-8,10-11,13,15H2,1-2H3,(H,26,29)/t19-/m1/s1. The van der Waals surface area contributed by atoms with Crippen LogP contribution in [0.1, 0.15) is 65.5 Å². The van der Waals surface area contributed by atoms with Crippen molar-refractivity contribution < 1.29 is 14.3 Å². The van der Waals surface area contributed by atoms with E-state index in [1.807, 2.05) is 36.1 Å². The van der Waals surface area contributed by atoms with Gasteiger partial charge in [0.05, 0.1) is 18.4 Å². The molecular formula is C24H30N4O3. The number of nitrogens with zero attached hydrogens (tertiary/aromatic N) is 3. The van der Waals surface area contributed by atoms with Gasteiger partial charge >= 0.3 is 0 Å². The molecule has 31 heavy (non-hydrogen) atoms. The minimum absolute atomic E-state index is 0.137. The van der Waals surface area contributed by atoms with E-state index in [0.717, 1.165) is 55.8 Å². The normalized spacial score (nSPS) is 18.9. The molecule has 1 aromatic carbocycles. The predicted octanol–water partition coefficient (Wildman–Crippen LogP) is 3.23. The lowest BCUT2D eigenvalue weighted by Crippen LogP contribution is -2.33. The minimum Gasteiger partial charge on any atom is -0.497 e. The number of aryl methyl sites for hydroxylation is 1. The highest BCUT2D eigenvalue weighted by Crippen LogP contribution is 2.31. The number of carbonyl (C=O) groups excluding carboxylic acids is 2. The van der Waals surface area contributed by atoms with E-state index in [-0.39, 0.29) is 17.7 Å². The summed E-state index contributed by atoms with van der Waals surface area (Å²) in [6.45, 7) is 3.68. The van der Waals surface area contributed by atoms with E-state index in [2.05, 4.69) is 15.3 Å². The monoisotopic (exact) mass is 422 g/mol. The van der Waals surface area contributed by atoms with Gasteiger partial charge < -0.3 is 15.0 Å². The quantitative estimate of drug-likeness (QED) is 0.773. The van der Waals surface area contributed by atoms with Crippen LogP contribution in [0.15, 0.2) is 30.5 Å². The molecule has 1 saturated heterocycles. The predicted molar refractivity (Wildman–Crippen MR) is 117 cm³/mol. The summed E-state index contributed by atoms with van der Waals surface area (Å²) in [4.78, 5) is 36.4. The first-order valence-electron chi connectivity index (χ1n) is 11.1. The lowest BCUT2D eigenvalue weighted by Gasteiger charge is -2.20. The molecule has 1 aromatic heterocycles. The Morgan fingerprint density at radius 1 is 1.23 bits per heavy atom. The summed E-state index contributed by atoms with van der Waals surface area (Å²) < 4.78 is 5.22. The molecule has 0 bridgehead atoms. The second-order valence-corrected chi connectivity index (χ2v) is 8.51. The lowest BCUT2D eigenvalue weighted by atomic mass is 10.1. The minimum atomic E-state index is -0.198. The molecular weight excluding hydrogens is 392 g/mol. The fourth-order valence-corrected chi connectivity index (χ4v) is 4.57. The van der Waals surface area contributed by atoms with Gasteiger partial charge in [-0.1, -0.05) is 25.0 Å². The van der Waals surface area contributed by atoms with Crippen LogP contribution in [-0.2, 0) is 11.3 Å². The van der Waals surface area contributed by atoms with E-state index < -0.39 is 0 Å². The number of benzene rings is 1. The van der Waals surface area contributed by atoms with E-state index in [0.29, 0.717) is 30.3 Å². The van der Waals surface area contributed by atoms with Gasteiger partial charge in [-0.25, -0.2) is 9.97 Å². The Bertz CT molecular complexity index is 956. The summed E-state index contributed by atoms with van der Waals surface area (Å²) in [5.74, 6) is 1.92. The molecule has 7 nitrogen and oxygen atoms in total. The van der Waals surface area contributed by atoms with Crippen LogP contribution in [-0.4, -0.2) is 46.9 Å². The van der Waals surface area contributed by atoms with Crippen molar-refractivity contribution in [2.45, 2.75) is 51.5 Å². The van der Waals surface area contributed by atoms with Crippen LogP contribution in [0.5, 0.6) is 5.75 Å². The first-order chi connectivity index (χ1) is 15.0. The van der Waals surface area contributed by atoms with Crippen molar-refractivity contribution in [3.63, 3.8) is 0 Å². The number of nitrogens with one attached hydrogen (secondary N) is 1. The Morgan fingerprint density at radius 2 is 2.03 bits per heavy atom. The summed E-state index contributed by atoms with van der Waals surface area (Å²) >= 11 is 0. The van der Waals surface area contributed by atoms with Gasteiger partial charge in [0, 0.05) is 37.7 Å². The molecule has 1 saturated carbocycles. The smallest absolute Gasteiger partial charge is 0.254 e. The molecule has 2 fully saturated rings. The molecule has 1 N–H and O–H groups in total. The van der Waals surface area contributed by atoms with Crippen molar-refractivity contribution >= 4 is 11.8 Å². The van der Waals surface area contributed by atoms with Gasteiger partial charge in [0.2, 0.25) is 5.91 Å². The molecule has 1 aliphatic carbocycles. The number of hydrogen-bond donors (Lipinski definition) is 1. The number of methoxy groups -OCH3 is 1. The Kier molecular flexibility index (Phi) is 6.49. The molecule has 2 aliphatic rings. The Balaban J connectivity index is 1.36. The van der Waals surface area contributed by atoms with Crippen molar-refractivity contribution in [2.75, 3.05) is 20.2 Å². The van der Waals surface area contributed by atoms with E-state index in [1.54, 1.807) is 13.3 Å². The second kappa shape index (κ2) is 9.45. The average molecular weight is 423 g/mol. The number of hydrogen-bond acceptors (Lipinski definition) is 5. The van der Waals surface area contributed by atoms with Crippen molar-refractivity contribution in [2.24, 2.45) is 5.92 Å². The fraction of sp³-hybridized carbons (Fsp3) is 0.500. The van der Waals surface area contributed by atoms with E-state index in [4.69, 9.17) is 4.74 Å². The maximum Gasteiger partial charge on any atom is 0.254 e. The topological polar surface area (TPSA) is 84.4 Å². The molecule has 7 heteroatoms. The molecule has 2 aromatic rings. The Morgan fingerprint density at radius 3 is 2.77 bits per heavy atom. The lowest BCUT2D eigenvalue weighted by molar-refractivity contribution is -0.134. The van der Waals surface area contributed by atoms with Crippen LogP contribution in [0, 0.1) is 12.8 Å². The van der Waals surface area contributed by atoms with Crippen LogP contribution in [0.2, 0.25) is 0 Å². The van der Waals surface area contributed by atoms with Crippen molar-refractivity contribution in [1.29, 1.82) is 0 Å². The van der Waals surface area contributed by atoms with Gasteiger partial charge in [0.25, 0.3) is 5.91 Å². The molecule has 2 heterocycles. The number of carbonyl (C=O) groups is 2. The first kappa shape index (κ1) is 21.3. The van der Waals surface area contributed by atoms with Crippen molar-refractivity contribution in [3.8, 4) is 5.75 Å². The zero-order chi connectivity index (χ0) is 21.8. The zero-order valence-electron chi connectivity index (χ0n) is 18.3. The fourth-order valence-electron chi connectivity index (χ4n) is 4.57. The number of aromatic nitrogens is 2. The van der Waals surface area contributed by atoms with Gasteiger partial charge in [0.1, 0.15) is 11.6 Å². The van der Waals surface area contributed by atoms with Crippen LogP contribution in [0.3, 0.4) is 0 Å². The average Bonchev–Trinajstić information content (AvgIpc) is 3.50. The SMILES string of the molecule is COc1cccc(CNC(=O)c2cnc([C@@H]3CCN(C(=O)C4CCCC4)C3)nc2C)c1. The third-order valence-electron chi connectivity index (χ3n) is 6.40. The van der Waals surface area contributed by atoms with Crippen LogP contribution >= 0.6 is 0 Å². The number of rotatable bonds is 6. The van der Waals surface area contributed by atoms with Gasteiger partial charge in [0.15, 0.2) is 0 Å². The summed E-state index contributed by atoms with van der Waals surface area (Å²) in [6.07, 6.45) is 6.86. The summed E-state index contributed by atoms with van der Waals surface area (Å²) in [5, 5.41) is 2.92. The molecule has 1 aliphatic heterocycles. The molecule has 0 radical (unpaired) electrons. The first-order valence-corrected chi connectivity index (χ1v) is 11.1. The molecule has 4 rings (SSSR count). The van der Waals surface area contributed by atoms with Gasteiger partial charge in [-0.3, -0.25) is 9.59 Å². The van der Waals surface area contributed by atoms with E-state index >= 15 is 0 Å². The number of amides is 2. The molecule has 164 valence electrons. The maximum atomic E-state index is 12.7. The third-order valence-corrected chi connectivity index (χ3v) is 6.40. The van der Waals surface area contributed by atoms with Crippen LogP contribution < -0.4 is 10.1 Å². The van der Waals surface area contributed by atoms with E-state index in [9.17, 15) is 9.59 Å². The number of ether oxygens (including phenoxy) is 1. The summed E-state index contributed by atoms with van der Waals surface area (Å²) in [6, 6.07) is 7.60. The summed E-state index contributed by atoms with van der Waals surface area (Å²) in [7, 11) is 1.62. The molecule has 0 unspecified atom stereocenters. The highest BCUT2D eigenvalue weighted by atomic mass is 16.5. The van der Waals surface area contributed by atoms with E-state index in [1.165, 1.54) is 0 Å². The zero-order valence-corrected chi connectivity index (χ0v) is 18.3. The largest absolute Gasteiger partial charge is 0.497 e. The Hall–Kier alpha value is -2.96.